The number of benzene rings is 3. The molecule has 4 aromatic rings. The molecule has 1 fully saturated rings. The summed E-state index contributed by atoms with van der Waals surface area (Å²) in [6.07, 6.45) is 8.63. The summed E-state index contributed by atoms with van der Waals surface area (Å²) < 4.78 is 5.47. The average molecular weight is 463 g/mol. The second kappa shape index (κ2) is 10.3. The van der Waals surface area contributed by atoms with Gasteiger partial charge in [-0.3, -0.25) is 4.79 Å². The molecule has 3 aromatic carbocycles. The first-order chi connectivity index (χ1) is 17.2. The number of fused-ring (bicyclic) bond motifs is 1. The second-order valence-electron chi connectivity index (χ2n) is 8.52. The minimum absolute atomic E-state index is 0.0987. The monoisotopic (exact) mass is 462 g/mol. The highest BCUT2D eigenvalue weighted by Crippen LogP contribution is 2.32. The molecule has 6 heteroatoms. The number of hydrogen-bond acceptors (Lipinski definition) is 5. The summed E-state index contributed by atoms with van der Waals surface area (Å²) in [5.74, 6) is 3.94. The van der Waals surface area contributed by atoms with Crippen molar-refractivity contribution in [2.24, 2.45) is 0 Å². The number of terminal acetylenes is 1. The van der Waals surface area contributed by atoms with E-state index >= 15 is 0 Å². The Labute approximate surface area is 204 Å². The molecule has 0 aliphatic carbocycles. The molecule has 0 saturated carbocycles. The normalized spacial score (nSPS) is 13.3. The number of likely N-dealkylation sites (tertiary alicyclic amines) is 1. The van der Waals surface area contributed by atoms with Crippen LogP contribution in [0.15, 0.2) is 72.8 Å². The van der Waals surface area contributed by atoms with Crippen LogP contribution < -0.4 is 10.1 Å². The van der Waals surface area contributed by atoms with Crippen molar-refractivity contribution >= 4 is 28.2 Å². The average Bonchev–Trinajstić information content (AvgIpc) is 2.93. The molecule has 1 N–H and O–H groups in total. The number of aromatic nitrogens is 2. The first-order valence-electron chi connectivity index (χ1n) is 11.8. The topological polar surface area (TPSA) is 67.4 Å². The third-order valence-electron chi connectivity index (χ3n) is 6.18. The highest BCUT2D eigenvalue weighted by molar-refractivity contribution is 6.01. The lowest BCUT2D eigenvalue weighted by atomic mass is 10.0. The second-order valence-corrected chi connectivity index (χ2v) is 8.52. The van der Waals surface area contributed by atoms with Crippen LogP contribution in [0.25, 0.3) is 22.0 Å². The molecule has 0 atom stereocenters. The van der Waals surface area contributed by atoms with E-state index in [1.165, 1.54) is 6.42 Å². The van der Waals surface area contributed by atoms with Gasteiger partial charge in [0.1, 0.15) is 18.1 Å². The Morgan fingerprint density at radius 1 is 0.914 bits per heavy atom. The number of amides is 1. The standard InChI is InChI=1S/C29H26N4O2/c1-2-20-35-24-16-12-21(13-17-24)27-25-8-4-5-9-26(25)28(32-31-27)30-23-14-10-22(11-15-23)29(34)33-18-6-3-7-19-33/h1,4-5,8-17H,3,6-7,18-20H2,(H,30,32). The van der Waals surface area contributed by atoms with Crippen LogP contribution in [0.4, 0.5) is 11.5 Å². The lowest BCUT2D eigenvalue weighted by molar-refractivity contribution is 0.0724. The third kappa shape index (κ3) is 4.95. The number of rotatable bonds is 6. The van der Waals surface area contributed by atoms with Crippen molar-refractivity contribution in [3.05, 3.63) is 78.4 Å². The summed E-state index contributed by atoms with van der Waals surface area (Å²) in [7, 11) is 0. The van der Waals surface area contributed by atoms with Gasteiger partial charge in [0.2, 0.25) is 0 Å². The van der Waals surface area contributed by atoms with Gasteiger partial charge in [0.05, 0.1) is 0 Å². The van der Waals surface area contributed by atoms with E-state index in [0.717, 1.165) is 53.6 Å². The number of nitrogens with one attached hydrogen (secondary N) is 1. The van der Waals surface area contributed by atoms with Gasteiger partial charge < -0.3 is 15.0 Å². The first kappa shape index (κ1) is 22.4. The van der Waals surface area contributed by atoms with Gasteiger partial charge in [0.25, 0.3) is 5.91 Å². The van der Waals surface area contributed by atoms with E-state index in [0.29, 0.717) is 17.1 Å². The zero-order valence-electron chi connectivity index (χ0n) is 19.4. The Kier molecular flexibility index (Phi) is 6.58. The molecule has 0 unspecified atom stereocenters. The van der Waals surface area contributed by atoms with Crippen molar-refractivity contribution in [2.45, 2.75) is 19.3 Å². The SMILES string of the molecule is C#CCOc1ccc(-c2nnc(Nc3ccc(C(=O)N4CCCCC4)cc3)c3ccccc23)cc1. The summed E-state index contributed by atoms with van der Waals surface area (Å²) in [6.45, 7) is 1.91. The van der Waals surface area contributed by atoms with Gasteiger partial charge >= 0.3 is 0 Å². The van der Waals surface area contributed by atoms with Gasteiger partial charge in [0, 0.05) is 40.7 Å². The Balaban J connectivity index is 1.38. The van der Waals surface area contributed by atoms with Crippen molar-refractivity contribution in [1.29, 1.82) is 0 Å². The van der Waals surface area contributed by atoms with Crippen molar-refractivity contribution in [1.82, 2.24) is 15.1 Å². The molecule has 0 bridgehead atoms. The maximum atomic E-state index is 12.8. The molecule has 2 heterocycles. The van der Waals surface area contributed by atoms with Gasteiger partial charge in [-0.05, 0) is 67.8 Å². The van der Waals surface area contributed by atoms with Gasteiger partial charge in [-0.1, -0.05) is 30.2 Å². The first-order valence-corrected chi connectivity index (χ1v) is 11.8. The predicted octanol–water partition coefficient (Wildman–Crippen LogP) is 5.68. The Hall–Kier alpha value is -4.37. The van der Waals surface area contributed by atoms with E-state index in [-0.39, 0.29) is 12.5 Å². The van der Waals surface area contributed by atoms with Crippen molar-refractivity contribution < 1.29 is 9.53 Å². The number of piperidine rings is 1. The Bertz CT molecular complexity index is 1370. The molecule has 1 saturated heterocycles. The molecule has 6 nitrogen and oxygen atoms in total. The fourth-order valence-electron chi connectivity index (χ4n) is 4.36. The van der Waals surface area contributed by atoms with E-state index in [2.05, 4.69) is 21.4 Å². The molecule has 35 heavy (non-hydrogen) atoms. The molecule has 0 radical (unpaired) electrons. The molecule has 0 spiro atoms. The van der Waals surface area contributed by atoms with Crippen LogP contribution in [0, 0.1) is 12.3 Å². The van der Waals surface area contributed by atoms with Gasteiger partial charge in [-0.15, -0.1) is 16.6 Å². The van der Waals surface area contributed by atoms with E-state index in [1.807, 2.05) is 77.7 Å². The Morgan fingerprint density at radius 2 is 1.63 bits per heavy atom. The number of ether oxygens (including phenoxy) is 1. The number of anilines is 2. The van der Waals surface area contributed by atoms with Crippen molar-refractivity contribution in [3.63, 3.8) is 0 Å². The van der Waals surface area contributed by atoms with Crippen LogP contribution in [0.3, 0.4) is 0 Å². The maximum Gasteiger partial charge on any atom is 0.253 e. The van der Waals surface area contributed by atoms with Crippen molar-refractivity contribution in [2.75, 3.05) is 25.0 Å². The predicted molar refractivity (Wildman–Crippen MR) is 139 cm³/mol. The van der Waals surface area contributed by atoms with E-state index < -0.39 is 0 Å². The molecule has 1 aromatic heterocycles. The number of carbonyl (C=O) groups excluding carboxylic acids is 1. The molecule has 5 rings (SSSR count). The Morgan fingerprint density at radius 3 is 2.34 bits per heavy atom. The summed E-state index contributed by atoms with van der Waals surface area (Å²) in [5.41, 5.74) is 3.28. The smallest absolute Gasteiger partial charge is 0.253 e. The summed E-state index contributed by atoms with van der Waals surface area (Å²) in [6, 6.07) is 23.2. The highest BCUT2D eigenvalue weighted by atomic mass is 16.5. The molecule has 174 valence electrons. The molecular formula is C29H26N4O2. The minimum atomic E-state index is 0.0987. The van der Waals surface area contributed by atoms with Gasteiger partial charge in [0.15, 0.2) is 5.82 Å². The largest absolute Gasteiger partial charge is 0.481 e. The van der Waals surface area contributed by atoms with Crippen LogP contribution >= 0.6 is 0 Å². The van der Waals surface area contributed by atoms with E-state index in [9.17, 15) is 4.79 Å². The summed E-state index contributed by atoms with van der Waals surface area (Å²) >= 11 is 0. The van der Waals surface area contributed by atoms with Crippen LogP contribution in [-0.2, 0) is 0 Å². The van der Waals surface area contributed by atoms with Crippen LogP contribution in [0.1, 0.15) is 29.6 Å². The van der Waals surface area contributed by atoms with Crippen LogP contribution in [0.5, 0.6) is 5.75 Å². The molecule has 1 aliphatic heterocycles. The summed E-state index contributed by atoms with van der Waals surface area (Å²) in [4.78, 5) is 14.7. The minimum Gasteiger partial charge on any atom is -0.481 e. The fourth-order valence-corrected chi connectivity index (χ4v) is 4.36. The maximum absolute atomic E-state index is 12.8. The zero-order valence-corrected chi connectivity index (χ0v) is 19.4. The molecular weight excluding hydrogens is 436 g/mol. The van der Waals surface area contributed by atoms with Crippen molar-refractivity contribution in [3.8, 4) is 29.4 Å². The van der Waals surface area contributed by atoms with Gasteiger partial charge in [-0.25, -0.2) is 0 Å². The lowest BCUT2D eigenvalue weighted by Crippen LogP contribution is -2.35. The highest BCUT2D eigenvalue weighted by Gasteiger charge is 2.18. The van der Waals surface area contributed by atoms with E-state index in [4.69, 9.17) is 11.2 Å². The number of carbonyl (C=O) groups is 1. The van der Waals surface area contributed by atoms with Crippen LogP contribution in [0.2, 0.25) is 0 Å². The van der Waals surface area contributed by atoms with Gasteiger partial charge in [-0.2, -0.15) is 0 Å². The number of hydrogen-bond donors (Lipinski definition) is 1. The fraction of sp³-hybridized carbons (Fsp3) is 0.207. The zero-order chi connectivity index (χ0) is 24.0. The van der Waals surface area contributed by atoms with Crippen LogP contribution in [-0.4, -0.2) is 40.7 Å². The number of nitrogens with zero attached hydrogens (tertiary/aromatic N) is 3. The van der Waals surface area contributed by atoms with E-state index in [1.54, 1.807) is 0 Å². The molecule has 1 aliphatic rings. The summed E-state index contributed by atoms with van der Waals surface area (Å²) in [5, 5.41) is 14.3. The molecule has 1 amide bonds. The third-order valence-corrected chi connectivity index (χ3v) is 6.18. The quantitative estimate of drug-likeness (QED) is 0.374. The lowest BCUT2D eigenvalue weighted by Gasteiger charge is -2.26.